The Kier molecular flexibility index (Phi) is 6.31. The summed E-state index contributed by atoms with van der Waals surface area (Å²) in [4.78, 5) is 13.3. The SMILES string of the molecule is Cc1cc(C=NNC(=O)[C@@H](C)Sc2ccccc2)c(C)n1-c1ccc(F)cc1. The van der Waals surface area contributed by atoms with Gasteiger partial charge in [0.2, 0.25) is 0 Å². The Balaban J connectivity index is 1.67. The van der Waals surface area contributed by atoms with E-state index in [9.17, 15) is 9.18 Å². The van der Waals surface area contributed by atoms with E-state index in [4.69, 9.17) is 0 Å². The van der Waals surface area contributed by atoms with Gasteiger partial charge in [0, 0.05) is 27.5 Å². The molecule has 1 heterocycles. The summed E-state index contributed by atoms with van der Waals surface area (Å²) < 4.78 is 15.2. The normalized spacial score (nSPS) is 12.3. The van der Waals surface area contributed by atoms with Crippen molar-refractivity contribution >= 4 is 23.9 Å². The number of halogens is 1. The Bertz CT molecular complexity index is 981. The lowest BCUT2D eigenvalue weighted by Gasteiger charge is -2.10. The first-order valence-electron chi connectivity index (χ1n) is 8.95. The maximum Gasteiger partial charge on any atom is 0.253 e. The molecule has 4 nitrogen and oxygen atoms in total. The van der Waals surface area contributed by atoms with Gasteiger partial charge in [0.1, 0.15) is 5.82 Å². The van der Waals surface area contributed by atoms with E-state index in [-0.39, 0.29) is 17.0 Å². The second kappa shape index (κ2) is 8.89. The third-order valence-corrected chi connectivity index (χ3v) is 5.47. The minimum absolute atomic E-state index is 0.155. The van der Waals surface area contributed by atoms with E-state index in [1.165, 1.54) is 23.9 Å². The van der Waals surface area contributed by atoms with Gasteiger partial charge in [-0.25, -0.2) is 9.82 Å². The topological polar surface area (TPSA) is 46.4 Å². The molecule has 3 aromatic rings. The molecule has 6 heteroatoms. The number of rotatable bonds is 6. The predicted molar refractivity (Wildman–Crippen MR) is 113 cm³/mol. The van der Waals surface area contributed by atoms with Gasteiger partial charge in [0.25, 0.3) is 5.91 Å². The van der Waals surface area contributed by atoms with E-state index >= 15 is 0 Å². The molecule has 0 aliphatic carbocycles. The van der Waals surface area contributed by atoms with Crippen molar-refractivity contribution in [3.63, 3.8) is 0 Å². The van der Waals surface area contributed by atoms with E-state index < -0.39 is 0 Å². The lowest BCUT2D eigenvalue weighted by Crippen LogP contribution is -2.26. The van der Waals surface area contributed by atoms with Crippen molar-refractivity contribution in [2.24, 2.45) is 5.10 Å². The highest BCUT2D eigenvalue weighted by atomic mass is 32.2. The summed E-state index contributed by atoms with van der Waals surface area (Å²) in [5.41, 5.74) is 6.35. The highest BCUT2D eigenvalue weighted by molar-refractivity contribution is 8.00. The first-order chi connectivity index (χ1) is 13.5. The monoisotopic (exact) mass is 395 g/mol. The van der Waals surface area contributed by atoms with Crippen LogP contribution in [0.15, 0.2) is 70.7 Å². The van der Waals surface area contributed by atoms with Crippen molar-refractivity contribution < 1.29 is 9.18 Å². The summed E-state index contributed by atoms with van der Waals surface area (Å²) >= 11 is 1.49. The number of thioether (sulfide) groups is 1. The van der Waals surface area contributed by atoms with Crippen molar-refractivity contribution in [1.29, 1.82) is 0 Å². The van der Waals surface area contributed by atoms with E-state index in [0.29, 0.717) is 0 Å². The molecule has 0 bridgehead atoms. The van der Waals surface area contributed by atoms with Gasteiger partial charge in [-0.3, -0.25) is 4.79 Å². The number of carbonyl (C=O) groups excluding carboxylic acids is 1. The van der Waals surface area contributed by atoms with Crippen LogP contribution in [0.2, 0.25) is 0 Å². The quantitative estimate of drug-likeness (QED) is 0.368. The molecule has 0 saturated carbocycles. The highest BCUT2D eigenvalue weighted by Gasteiger charge is 2.14. The summed E-state index contributed by atoms with van der Waals surface area (Å²) in [6.07, 6.45) is 1.64. The van der Waals surface area contributed by atoms with Crippen molar-refractivity contribution in [3.8, 4) is 5.69 Å². The van der Waals surface area contributed by atoms with E-state index in [2.05, 4.69) is 10.5 Å². The molecular formula is C22H22FN3OS. The second-order valence-corrected chi connectivity index (χ2v) is 7.86. The van der Waals surface area contributed by atoms with Crippen LogP contribution < -0.4 is 5.43 Å². The highest BCUT2D eigenvalue weighted by Crippen LogP contribution is 2.23. The maximum atomic E-state index is 13.2. The molecule has 0 aliphatic rings. The Morgan fingerprint density at radius 1 is 1.14 bits per heavy atom. The average Bonchev–Trinajstić information content (AvgIpc) is 2.97. The number of aromatic nitrogens is 1. The molecular weight excluding hydrogens is 373 g/mol. The fourth-order valence-corrected chi connectivity index (χ4v) is 3.80. The van der Waals surface area contributed by atoms with Gasteiger partial charge in [-0.1, -0.05) is 18.2 Å². The molecule has 1 atom stereocenters. The summed E-state index contributed by atoms with van der Waals surface area (Å²) in [7, 11) is 0. The summed E-state index contributed by atoms with van der Waals surface area (Å²) in [5, 5.41) is 3.86. The van der Waals surface area contributed by atoms with Gasteiger partial charge < -0.3 is 4.57 Å². The molecule has 0 aliphatic heterocycles. The second-order valence-electron chi connectivity index (χ2n) is 6.45. The zero-order chi connectivity index (χ0) is 20.1. The van der Waals surface area contributed by atoms with Crippen molar-refractivity contribution in [3.05, 3.63) is 83.4 Å². The van der Waals surface area contributed by atoms with Crippen LogP contribution in [0.5, 0.6) is 0 Å². The fourth-order valence-electron chi connectivity index (χ4n) is 2.92. The molecule has 1 N–H and O–H groups in total. The standard InChI is InChI=1S/C22H22FN3OS/c1-15-13-18(16(2)26(15)20-11-9-19(23)10-12-20)14-24-25-22(27)17(3)28-21-7-5-4-6-8-21/h4-14,17H,1-3H3,(H,25,27)/t17-/m1/s1. The smallest absolute Gasteiger partial charge is 0.253 e. The van der Waals surface area contributed by atoms with Crippen LogP contribution in [0, 0.1) is 19.7 Å². The number of nitrogens with one attached hydrogen (secondary N) is 1. The Hall–Kier alpha value is -2.86. The molecule has 3 rings (SSSR count). The molecule has 1 aromatic heterocycles. The lowest BCUT2D eigenvalue weighted by atomic mass is 10.2. The van der Waals surface area contributed by atoms with Crippen LogP contribution in [-0.4, -0.2) is 21.9 Å². The number of carbonyl (C=O) groups is 1. The van der Waals surface area contributed by atoms with Gasteiger partial charge >= 0.3 is 0 Å². The maximum absolute atomic E-state index is 13.2. The molecule has 28 heavy (non-hydrogen) atoms. The minimum atomic E-state index is -0.266. The molecule has 1 amide bonds. The van der Waals surface area contributed by atoms with Crippen LogP contribution >= 0.6 is 11.8 Å². The third-order valence-electron chi connectivity index (χ3n) is 4.36. The number of hydrazone groups is 1. The van der Waals surface area contributed by atoms with Crippen molar-refractivity contribution in [2.75, 3.05) is 0 Å². The third kappa shape index (κ3) is 4.70. The molecule has 144 valence electrons. The largest absolute Gasteiger partial charge is 0.318 e. The number of hydrogen-bond donors (Lipinski definition) is 1. The fraction of sp³-hybridized carbons (Fsp3) is 0.182. The van der Waals surface area contributed by atoms with Gasteiger partial charge in [-0.05, 0) is 63.2 Å². The average molecular weight is 396 g/mol. The molecule has 0 unspecified atom stereocenters. The van der Waals surface area contributed by atoms with Crippen LogP contribution in [0.3, 0.4) is 0 Å². The number of aryl methyl sites for hydroxylation is 1. The number of benzene rings is 2. The van der Waals surface area contributed by atoms with Crippen LogP contribution in [0.1, 0.15) is 23.9 Å². The predicted octanol–water partition coefficient (Wildman–Crippen LogP) is 4.86. The Morgan fingerprint density at radius 2 is 1.82 bits per heavy atom. The van der Waals surface area contributed by atoms with Gasteiger partial charge in [0.05, 0.1) is 11.5 Å². The zero-order valence-electron chi connectivity index (χ0n) is 16.0. The number of nitrogens with zero attached hydrogens (tertiary/aromatic N) is 2. The lowest BCUT2D eigenvalue weighted by molar-refractivity contribution is -0.120. The van der Waals surface area contributed by atoms with Gasteiger partial charge in [-0.2, -0.15) is 5.10 Å². The summed E-state index contributed by atoms with van der Waals surface area (Å²) in [6.45, 7) is 5.79. The summed E-state index contributed by atoms with van der Waals surface area (Å²) in [5.74, 6) is -0.421. The van der Waals surface area contributed by atoms with Gasteiger partial charge in [0.15, 0.2) is 0 Å². The van der Waals surface area contributed by atoms with Crippen LogP contribution in [-0.2, 0) is 4.79 Å². The molecule has 0 spiro atoms. The molecule has 0 fully saturated rings. The minimum Gasteiger partial charge on any atom is -0.318 e. The van der Waals surface area contributed by atoms with E-state index in [0.717, 1.165) is 27.5 Å². The molecule has 0 radical (unpaired) electrons. The van der Waals surface area contributed by atoms with E-state index in [1.54, 1.807) is 18.3 Å². The molecule has 2 aromatic carbocycles. The zero-order valence-corrected chi connectivity index (χ0v) is 16.8. The van der Waals surface area contributed by atoms with Crippen LogP contribution in [0.4, 0.5) is 4.39 Å². The van der Waals surface area contributed by atoms with E-state index in [1.807, 2.05) is 61.7 Å². The first kappa shape index (κ1) is 19.9. The number of amides is 1. The number of hydrogen-bond acceptors (Lipinski definition) is 3. The summed E-state index contributed by atoms with van der Waals surface area (Å²) in [6, 6.07) is 18.1. The Morgan fingerprint density at radius 3 is 2.50 bits per heavy atom. The van der Waals surface area contributed by atoms with Crippen molar-refractivity contribution in [1.82, 2.24) is 9.99 Å². The molecule has 0 saturated heterocycles. The van der Waals surface area contributed by atoms with Crippen molar-refractivity contribution in [2.45, 2.75) is 30.9 Å². The van der Waals surface area contributed by atoms with Crippen LogP contribution in [0.25, 0.3) is 5.69 Å². The first-order valence-corrected chi connectivity index (χ1v) is 9.83. The van der Waals surface area contributed by atoms with Gasteiger partial charge in [-0.15, -0.1) is 11.8 Å². The Labute approximate surface area is 168 Å².